The lowest BCUT2D eigenvalue weighted by atomic mass is 10.0. The van der Waals surface area contributed by atoms with Crippen LogP contribution in [-0.4, -0.2) is 39.4 Å². The lowest BCUT2D eigenvalue weighted by Crippen LogP contribution is -2.42. The molecule has 1 fully saturated rings. The number of aryl methyl sites for hydroxylation is 1. The average Bonchev–Trinajstić information content (AvgIpc) is 3.12. The summed E-state index contributed by atoms with van der Waals surface area (Å²) in [6.45, 7) is 4.84. The van der Waals surface area contributed by atoms with Crippen molar-refractivity contribution in [2.24, 2.45) is 5.92 Å². The maximum absolute atomic E-state index is 13.1. The minimum absolute atomic E-state index is 0.0107. The van der Waals surface area contributed by atoms with Crippen molar-refractivity contribution in [3.05, 3.63) is 57.0 Å². The Balaban J connectivity index is 1.58. The highest BCUT2D eigenvalue weighted by atomic mass is 32.1. The molecule has 1 aromatic carbocycles. The number of hydrogen-bond acceptors (Lipinski definition) is 5. The molecule has 1 unspecified atom stereocenters. The molecule has 180 valence electrons. The molecule has 7 nitrogen and oxygen atoms in total. The molecule has 34 heavy (non-hydrogen) atoms. The van der Waals surface area contributed by atoms with Crippen molar-refractivity contribution in [1.29, 1.82) is 0 Å². The number of nitrogens with zero attached hydrogens (tertiary/aromatic N) is 3. The fraction of sp³-hybridized carbons (Fsp3) is 0.391. The summed E-state index contributed by atoms with van der Waals surface area (Å²) in [7, 11) is 0. The van der Waals surface area contributed by atoms with Gasteiger partial charge in [-0.2, -0.15) is 13.2 Å². The molecule has 11 heteroatoms. The van der Waals surface area contributed by atoms with E-state index in [-0.39, 0.29) is 28.4 Å². The fourth-order valence-electron chi connectivity index (χ4n) is 4.11. The number of carbonyl (C=O) groups excluding carboxylic acids is 2. The van der Waals surface area contributed by atoms with E-state index < -0.39 is 23.2 Å². The molecular formula is C23H23F3N4O3S. The van der Waals surface area contributed by atoms with E-state index in [9.17, 15) is 27.6 Å². The van der Waals surface area contributed by atoms with Crippen molar-refractivity contribution in [2.75, 3.05) is 18.4 Å². The molecule has 1 N–H and O–H groups in total. The molecule has 0 spiro atoms. The highest BCUT2D eigenvalue weighted by Crippen LogP contribution is 2.32. The molecule has 0 bridgehead atoms. The number of nitrogens with one attached hydrogen (secondary N) is 1. The van der Waals surface area contributed by atoms with Gasteiger partial charge in [0.25, 0.3) is 11.5 Å². The van der Waals surface area contributed by atoms with Crippen LogP contribution in [0.15, 0.2) is 35.4 Å². The quantitative estimate of drug-likeness (QED) is 0.589. The summed E-state index contributed by atoms with van der Waals surface area (Å²) in [6, 6.07) is 4.32. The van der Waals surface area contributed by atoms with Crippen LogP contribution < -0.4 is 10.9 Å². The molecule has 2 aromatic heterocycles. The fourth-order valence-corrected chi connectivity index (χ4v) is 5.15. The maximum Gasteiger partial charge on any atom is 0.416 e. The molecule has 0 aliphatic carbocycles. The van der Waals surface area contributed by atoms with Crippen LogP contribution in [0.2, 0.25) is 0 Å². The number of rotatable bonds is 4. The minimum atomic E-state index is -4.53. The second-order valence-corrected chi connectivity index (χ2v) is 9.53. The highest BCUT2D eigenvalue weighted by molar-refractivity contribution is 7.20. The Bertz CT molecular complexity index is 1320. The van der Waals surface area contributed by atoms with Gasteiger partial charge in [0.2, 0.25) is 5.91 Å². The number of halogens is 3. The van der Waals surface area contributed by atoms with E-state index in [1.165, 1.54) is 23.0 Å². The standard InChI is InChI=1S/C23H23F3N4O3S/c1-13-5-4-8-29(10-13)17(31)11-30-12-27-21-18(22(30)33)14(2)19(34-21)20(32)28-16-7-3-6-15(9-16)23(24,25)26/h3,6-7,9,12-13H,4-5,8,10-11H2,1-2H3,(H,28,32). The Morgan fingerprint density at radius 2 is 2.06 bits per heavy atom. The number of fused-ring (bicyclic) bond motifs is 1. The summed E-state index contributed by atoms with van der Waals surface area (Å²) in [5, 5.41) is 2.68. The van der Waals surface area contributed by atoms with Gasteiger partial charge in [0.05, 0.1) is 22.2 Å². The Morgan fingerprint density at radius 3 is 2.76 bits per heavy atom. The molecule has 1 aliphatic heterocycles. The molecule has 1 aliphatic rings. The number of anilines is 1. The number of likely N-dealkylation sites (tertiary alicyclic amines) is 1. The van der Waals surface area contributed by atoms with Gasteiger partial charge in [-0.15, -0.1) is 11.3 Å². The van der Waals surface area contributed by atoms with Gasteiger partial charge in [-0.25, -0.2) is 4.98 Å². The van der Waals surface area contributed by atoms with Gasteiger partial charge in [-0.3, -0.25) is 19.0 Å². The average molecular weight is 493 g/mol. The molecule has 1 saturated heterocycles. The predicted molar refractivity (Wildman–Crippen MR) is 123 cm³/mol. The molecule has 1 atom stereocenters. The zero-order valence-corrected chi connectivity index (χ0v) is 19.4. The van der Waals surface area contributed by atoms with Crippen LogP contribution in [0.4, 0.5) is 18.9 Å². The number of hydrogen-bond donors (Lipinski definition) is 1. The van der Waals surface area contributed by atoms with Crippen molar-refractivity contribution in [2.45, 2.75) is 39.4 Å². The van der Waals surface area contributed by atoms with Crippen molar-refractivity contribution in [1.82, 2.24) is 14.5 Å². The number of amides is 2. The molecule has 0 saturated carbocycles. The number of alkyl halides is 3. The van der Waals surface area contributed by atoms with Gasteiger partial charge in [0.15, 0.2) is 0 Å². The second kappa shape index (κ2) is 9.21. The van der Waals surface area contributed by atoms with Crippen LogP contribution in [-0.2, 0) is 17.5 Å². The first kappa shape index (κ1) is 23.9. The Morgan fingerprint density at radius 1 is 1.29 bits per heavy atom. The normalized spacial score (nSPS) is 16.6. The smallest absolute Gasteiger partial charge is 0.341 e. The van der Waals surface area contributed by atoms with Crippen molar-refractivity contribution < 1.29 is 22.8 Å². The maximum atomic E-state index is 13.1. The van der Waals surface area contributed by atoms with E-state index >= 15 is 0 Å². The molecular weight excluding hydrogens is 469 g/mol. The number of thiophene rings is 1. The van der Waals surface area contributed by atoms with Gasteiger partial charge in [0, 0.05) is 18.8 Å². The summed E-state index contributed by atoms with van der Waals surface area (Å²) in [5.41, 5.74) is -0.954. The first-order valence-electron chi connectivity index (χ1n) is 10.8. The van der Waals surface area contributed by atoms with Gasteiger partial charge >= 0.3 is 6.18 Å². The van der Waals surface area contributed by atoms with Crippen molar-refractivity contribution in [3.63, 3.8) is 0 Å². The lowest BCUT2D eigenvalue weighted by molar-refractivity contribution is -0.137. The van der Waals surface area contributed by atoms with Crippen LogP contribution in [0.1, 0.15) is 40.6 Å². The zero-order chi connectivity index (χ0) is 24.6. The number of benzene rings is 1. The SMILES string of the molecule is Cc1c(C(=O)Nc2cccc(C(F)(F)F)c2)sc2ncn(CC(=O)N3CCCC(C)C3)c(=O)c12. The largest absolute Gasteiger partial charge is 0.416 e. The van der Waals surface area contributed by atoms with Gasteiger partial charge in [-0.1, -0.05) is 13.0 Å². The number of aromatic nitrogens is 2. The van der Waals surface area contributed by atoms with E-state index in [0.29, 0.717) is 29.4 Å². The Hall–Kier alpha value is -3.21. The monoisotopic (exact) mass is 492 g/mol. The topological polar surface area (TPSA) is 84.3 Å². The van der Waals surface area contributed by atoms with E-state index in [2.05, 4.69) is 17.2 Å². The molecule has 3 heterocycles. The first-order chi connectivity index (χ1) is 16.0. The zero-order valence-electron chi connectivity index (χ0n) is 18.6. The third-order valence-electron chi connectivity index (χ3n) is 5.89. The van der Waals surface area contributed by atoms with Gasteiger partial charge in [-0.05, 0) is 49.4 Å². The molecule has 4 rings (SSSR count). The van der Waals surface area contributed by atoms with Gasteiger partial charge in [0.1, 0.15) is 11.4 Å². The Labute approximate surface area is 197 Å². The summed E-state index contributed by atoms with van der Waals surface area (Å²) in [5.74, 6) is -0.388. The van der Waals surface area contributed by atoms with Gasteiger partial charge < -0.3 is 10.2 Å². The van der Waals surface area contributed by atoms with Crippen molar-refractivity contribution in [3.8, 4) is 0 Å². The lowest BCUT2D eigenvalue weighted by Gasteiger charge is -2.31. The highest BCUT2D eigenvalue weighted by Gasteiger charge is 2.30. The predicted octanol–water partition coefficient (Wildman–Crippen LogP) is 4.30. The van der Waals surface area contributed by atoms with Crippen LogP contribution in [0.3, 0.4) is 0 Å². The van der Waals surface area contributed by atoms with Crippen LogP contribution in [0.5, 0.6) is 0 Å². The molecule has 0 radical (unpaired) electrons. The third-order valence-corrected chi connectivity index (χ3v) is 7.09. The summed E-state index contributed by atoms with van der Waals surface area (Å²) in [4.78, 5) is 45.1. The first-order valence-corrected chi connectivity index (χ1v) is 11.6. The minimum Gasteiger partial charge on any atom is -0.341 e. The molecule has 2 amide bonds. The van der Waals surface area contributed by atoms with Crippen LogP contribution >= 0.6 is 11.3 Å². The van der Waals surface area contributed by atoms with Crippen LogP contribution in [0.25, 0.3) is 10.2 Å². The summed E-state index contributed by atoms with van der Waals surface area (Å²) < 4.78 is 40.1. The van der Waals surface area contributed by atoms with E-state index in [1.807, 2.05) is 0 Å². The molecule has 3 aromatic rings. The third kappa shape index (κ3) is 4.84. The number of piperidine rings is 1. The van der Waals surface area contributed by atoms with Crippen molar-refractivity contribution >= 4 is 39.1 Å². The van der Waals surface area contributed by atoms with E-state index in [4.69, 9.17) is 0 Å². The summed E-state index contributed by atoms with van der Waals surface area (Å²) in [6.07, 6.45) is -1.25. The van der Waals surface area contributed by atoms with E-state index in [1.54, 1.807) is 11.8 Å². The second-order valence-electron chi connectivity index (χ2n) is 8.53. The number of carbonyl (C=O) groups is 2. The Kier molecular flexibility index (Phi) is 6.48. The van der Waals surface area contributed by atoms with E-state index in [0.717, 1.165) is 36.3 Å². The van der Waals surface area contributed by atoms with Crippen LogP contribution in [0, 0.1) is 12.8 Å². The summed E-state index contributed by atoms with van der Waals surface area (Å²) >= 11 is 0.977.